The molecule has 0 saturated heterocycles. The second-order valence-corrected chi connectivity index (χ2v) is 5.41. The van der Waals surface area contributed by atoms with Gasteiger partial charge in [-0.25, -0.2) is 9.78 Å². The van der Waals surface area contributed by atoms with Crippen LogP contribution >= 0.6 is 11.8 Å². The maximum atomic E-state index is 11.6. The minimum Gasteiger partial charge on any atom is -0.463 e. The van der Waals surface area contributed by atoms with Crippen molar-refractivity contribution in [1.82, 2.24) is 9.55 Å². The van der Waals surface area contributed by atoms with Gasteiger partial charge in [-0.1, -0.05) is 30.0 Å². The van der Waals surface area contributed by atoms with E-state index >= 15 is 0 Å². The van der Waals surface area contributed by atoms with E-state index in [4.69, 9.17) is 9.15 Å². The van der Waals surface area contributed by atoms with Crippen LogP contribution in [0.3, 0.4) is 0 Å². The lowest BCUT2D eigenvalue weighted by atomic mass is 10.3. The summed E-state index contributed by atoms with van der Waals surface area (Å²) in [4.78, 5) is 16.0. The highest BCUT2D eigenvalue weighted by Gasteiger charge is 2.16. The van der Waals surface area contributed by atoms with Crippen LogP contribution in [-0.2, 0) is 10.5 Å². The van der Waals surface area contributed by atoms with Gasteiger partial charge in [-0.05, 0) is 18.2 Å². The van der Waals surface area contributed by atoms with E-state index in [9.17, 15) is 4.79 Å². The molecule has 0 unspecified atom stereocenters. The summed E-state index contributed by atoms with van der Waals surface area (Å²) < 4.78 is 11.9. The molecule has 0 aliphatic heterocycles. The molecule has 3 rings (SSSR count). The Morgan fingerprint density at radius 2 is 2.14 bits per heavy atom. The van der Waals surface area contributed by atoms with E-state index < -0.39 is 5.97 Å². The highest BCUT2D eigenvalue weighted by molar-refractivity contribution is 7.98. The number of methoxy groups -OCH3 is 1. The molecule has 6 heteroatoms. The second-order valence-electron chi connectivity index (χ2n) is 4.47. The van der Waals surface area contributed by atoms with E-state index in [1.54, 1.807) is 12.3 Å². The number of furan rings is 1. The summed E-state index contributed by atoms with van der Waals surface area (Å²) in [5, 5.41) is 0.850. The first-order chi connectivity index (χ1) is 10.8. The van der Waals surface area contributed by atoms with Crippen LogP contribution < -0.4 is 0 Å². The monoisotopic (exact) mass is 314 g/mol. The molecule has 112 valence electrons. The Labute approximate surface area is 131 Å². The maximum absolute atomic E-state index is 11.6. The Morgan fingerprint density at radius 3 is 2.91 bits per heavy atom. The van der Waals surface area contributed by atoms with Crippen molar-refractivity contribution < 1.29 is 13.9 Å². The Balaban J connectivity index is 1.78. The van der Waals surface area contributed by atoms with Crippen LogP contribution in [0.2, 0.25) is 0 Å². The maximum Gasteiger partial charge on any atom is 0.374 e. The van der Waals surface area contributed by atoms with Crippen LogP contribution in [0.15, 0.2) is 64.6 Å². The SMILES string of the molecule is COC(=O)c1occc1CSc1nccn1-c1ccccc1. The molecule has 0 fully saturated rings. The summed E-state index contributed by atoms with van der Waals surface area (Å²) >= 11 is 1.53. The highest BCUT2D eigenvalue weighted by atomic mass is 32.2. The van der Waals surface area contributed by atoms with Crippen molar-refractivity contribution in [2.45, 2.75) is 10.9 Å². The van der Waals surface area contributed by atoms with Crippen molar-refractivity contribution in [3.8, 4) is 5.69 Å². The molecule has 0 amide bonds. The molecule has 0 atom stereocenters. The first kappa shape index (κ1) is 14.5. The summed E-state index contributed by atoms with van der Waals surface area (Å²) in [6.45, 7) is 0. The molecule has 2 heterocycles. The predicted molar refractivity (Wildman–Crippen MR) is 83.2 cm³/mol. The van der Waals surface area contributed by atoms with E-state index in [0.717, 1.165) is 16.4 Å². The van der Waals surface area contributed by atoms with Crippen LogP contribution in [-0.4, -0.2) is 22.6 Å². The van der Waals surface area contributed by atoms with Gasteiger partial charge in [0, 0.05) is 29.4 Å². The molecule has 22 heavy (non-hydrogen) atoms. The van der Waals surface area contributed by atoms with Crippen molar-refractivity contribution in [1.29, 1.82) is 0 Å². The Morgan fingerprint density at radius 1 is 1.32 bits per heavy atom. The lowest BCUT2D eigenvalue weighted by Crippen LogP contribution is -2.02. The Kier molecular flexibility index (Phi) is 4.29. The summed E-state index contributed by atoms with van der Waals surface area (Å²) in [7, 11) is 1.34. The average Bonchev–Trinajstić information content (AvgIpc) is 3.21. The fraction of sp³-hybridized carbons (Fsp3) is 0.125. The number of thioether (sulfide) groups is 1. The van der Waals surface area contributed by atoms with Crippen molar-refractivity contribution in [3.05, 3.63) is 66.4 Å². The molecule has 0 aliphatic carbocycles. The third kappa shape index (κ3) is 2.92. The summed E-state index contributed by atoms with van der Waals surface area (Å²) in [6, 6.07) is 11.7. The normalized spacial score (nSPS) is 10.6. The zero-order valence-corrected chi connectivity index (χ0v) is 12.7. The van der Waals surface area contributed by atoms with Gasteiger partial charge in [0.25, 0.3) is 0 Å². The number of benzene rings is 1. The van der Waals surface area contributed by atoms with Crippen LogP contribution in [0, 0.1) is 0 Å². The largest absolute Gasteiger partial charge is 0.463 e. The standard InChI is InChI=1S/C16H14N2O3S/c1-20-15(19)14-12(7-10-21-14)11-22-16-17-8-9-18(16)13-5-3-2-4-6-13/h2-10H,11H2,1H3. The first-order valence-corrected chi connectivity index (χ1v) is 7.64. The van der Waals surface area contributed by atoms with E-state index in [1.165, 1.54) is 25.1 Å². The van der Waals surface area contributed by atoms with Crippen molar-refractivity contribution in [2.75, 3.05) is 7.11 Å². The number of rotatable bonds is 5. The van der Waals surface area contributed by atoms with E-state index in [-0.39, 0.29) is 5.76 Å². The smallest absolute Gasteiger partial charge is 0.374 e. The number of carbonyl (C=O) groups excluding carboxylic acids is 1. The van der Waals surface area contributed by atoms with Crippen LogP contribution in [0.5, 0.6) is 0 Å². The quantitative estimate of drug-likeness (QED) is 0.532. The van der Waals surface area contributed by atoms with Crippen molar-refractivity contribution >= 4 is 17.7 Å². The number of hydrogen-bond acceptors (Lipinski definition) is 5. The third-order valence-corrected chi connectivity index (χ3v) is 4.13. The predicted octanol–water partition coefficient (Wildman–Crippen LogP) is 3.54. The lowest BCUT2D eigenvalue weighted by Gasteiger charge is -2.07. The van der Waals surface area contributed by atoms with Gasteiger partial charge in [0.1, 0.15) is 0 Å². The van der Waals surface area contributed by atoms with Gasteiger partial charge in [0.15, 0.2) is 5.16 Å². The molecule has 0 bridgehead atoms. The Hall–Kier alpha value is -2.47. The van der Waals surface area contributed by atoms with Crippen LogP contribution in [0.1, 0.15) is 16.1 Å². The molecule has 1 aromatic carbocycles. The molecule has 0 N–H and O–H groups in total. The average molecular weight is 314 g/mol. The number of hydrogen-bond donors (Lipinski definition) is 0. The number of para-hydroxylation sites is 1. The van der Waals surface area contributed by atoms with Crippen molar-refractivity contribution in [2.24, 2.45) is 0 Å². The molecule has 0 radical (unpaired) electrons. The summed E-state index contributed by atoms with van der Waals surface area (Å²) in [5.74, 6) is 0.352. The molecular weight excluding hydrogens is 300 g/mol. The highest BCUT2D eigenvalue weighted by Crippen LogP contribution is 2.26. The third-order valence-electron chi connectivity index (χ3n) is 3.12. The van der Waals surface area contributed by atoms with Crippen molar-refractivity contribution in [3.63, 3.8) is 0 Å². The summed E-state index contributed by atoms with van der Waals surface area (Å²) in [6.07, 6.45) is 5.16. The van der Waals surface area contributed by atoms with Gasteiger partial charge in [-0.3, -0.25) is 4.57 Å². The van der Waals surface area contributed by atoms with Crippen LogP contribution in [0.4, 0.5) is 0 Å². The zero-order valence-electron chi connectivity index (χ0n) is 11.9. The summed E-state index contributed by atoms with van der Waals surface area (Å²) in [5.41, 5.74) is 1.84. The van der Waals surface area contributed by atoms with Gasteiger partial charge < -0.3 is 9.15 Å². The van der Waals surface area contributed by atoms with Crippen LogP contribution in [0.25, 0.3) is 5.69 Å². The number of imidazole rings is 1. The molecule has 0 aliphatic rings. The first-order valence-electron chi connectivity index (χ1n) is 6.66. The van der Waals surface area contributed by atoms with Gasteiger partial charge in [-0.2, -0.15) is 0 Å². The lowest BCUT2D eigenvalue weighted by molar-refractivity contribution is 0.0564. The molecule has 0 saturated carbocycles. The number of nitrogens with zero attached hydrogens (tertiary/aromatic N) is 2. The molecular formula is C16H14N2O3S. The molecule has 3 aromatic rings. The van der Waals surface area contributed by atoms with Gasteiger partial charge in [0.2, 0.25) is 5.76 Å². The molecule has 2 aromatic heterocycles. The number of aromatic nitrogens is 2. The second kappa shape index (κ2) is 6.53. The topological polar surface area (TPSA) is 57.3 Å². The fourth-order valence-corrected chi connectivity index (χ4v) is 3.00. The number of ether oxygens (including phenoxy) is 1. The number of esters is 1. The minimum absolute atomic E-state index is 0.243. The number of carbonyl (C=O) groups is 1. The van der Waals surface area contributed by atoms with E-state index in [1.807, 2.05) is 41.1 Å². The fourth-order valence-electron chi connectivity index (χ4n) is 2.05. The van der Waals surface area contributed by atoms with Gasteiger partial charge in [-0.15, -0.1) is 0 Å². The van der Waals surface area contributed by atoms with Gasteiger partial charge in [0.05, 0.1) is 13.4 Å². The molecule has 0 spiro atoms. The Bertz CT molecular complexity index is 765. The zero-order chi connectivity index (χ0) is 15.4. The molecule has 5 nitrogen and oxygen atoms in total. The van der Waals surface area contributed by atoms with E-state index in [2.05, 4.69) is 4.98 Å². The van der Waals surface area contributed by atoms with E-state index in [0.29, 0.717) is 5.75 Å². The minimum atomic E-state index is -0.466. The van der Waals surface area contributed by atoms with Gasteiger partial charge >= 0.3 is 5.97 Å².